The Morgan fingerprint density at radius 3 is 2.77 bits per heavy atom. The molecular formula is C23H23N3O3S2. The number of carbonyl (C=O) groups excluding carboxylic acids is 1. The van der Waals surface area contributed by atoms with E-state index in [-0.39, 0.29) is 23.3 Å². The summed E-state index contributed by atoms with van der Waals surface area (Å²) in [6.07, 6.45) is 3.53. The second-order valence-corrected chi connectivity index (χ2v) is 9.02. The van der Waals surface area contributed by atoms with Gasteiger partial charge in [-0.25, -0.2) is 4.98 Å². The molecule has 8 heteroatoms. The maximum absolute atomic E-state index is 13.6. The number of thioether (sulfide) groups is 1. The monoisotopic (exact) mass is 453 g/mol. The Labute approximate surface area is 188 Å². The highest BCUT2D eigenvalue weighted by atomic mass is 32.2. The van der Waals surface area contributed by atoms with Gasteiger partial charge >= 0.3 is 0 Å². The molecule has 6 nitrogen and oxygen atoms in total. The number of aromatic nitrogens is 2. The van der Waals surface area contributed by atoms with Crippen LogP contribution < -0.4 is 10.9 Å². The van der Waals surface area contributed by atoms with Crippen LogP contribution in [-0.4, -0.2) is 27.3 Å². The molecule has 0 unspecified atom stereocenters. The Morgan fingerprint density at radius 1 is 1.26 bits per heavy atom. The number of furan rings is 1. The molecule has 0 aliphatic rings. The van der Waals surface area contributed by atoms with Crippen LogP contribution in [0.15, 0.2) is 68.5 Å². The molecule has 1 aromatic carbocycles. The number of nitrogens with zero attached hydrogens (tertiary/aromatic N) is 2. The van der Waals surface area contributed by atoms with Crippen LogP contribution >= 0.6 is 23.1 Å². The Bertz CT molecular complexity index is 1230. The van der Waals surface area contributed by atoms with Crippen LogP contribution in [0, 0.1) is 0 Å². The topological polar surface area (TPSA) is 77.1 Å². The van der Waals surface area contributed by atoms with E-state index in [0.29, 0.717) is 26.8 Å². The minimum absolute atomic E-state index is 0.0673. The smallest absolute Gasteiger partial charge is 0.268 e. The van der Waals surface area contributed by atoms with Crippen molar-refractivity contribution in [3.8, 4) is 17.0 Å². The number of nitrogens with one attached hydrogen (secondary N) is 1. The molecule has 4 aromatic rings. The van der Waals surface area contributed by atoms with Crippen molar-refractivity contribution in [3.63, 3.8) is 0 Å². The minimum Gasteiger partial charge on any atom is -0.464 e. The Balaban J connectivity index is 1.74. The lowest BCUT2D eigenvalue weighted by Crippen LogP contribution is -2.34. The van der Waals surface area contributed by atoms with Crippen molar-refractivity contribution in [2.75, 3.05) is 5.75 Å². The molecule has 160 valence electrons. The van der Waals surface area contributed by atoms with Crippen molar-refractivity contribution in [1.82, 2.24) is 14.9 Å². The lowest BCUT2D eigenvalue weighted by atomic mass is 10.2. The molecule has 0 spiro atoms. The minimum atomic E-state index is -0.175. The summed E-state index contributed by atoms with van der Waals surface area (Å²) in [5.74, 6) is 0.756. The Hall–Kier alpha value is -2.84. The summed E-state index contributed by atoms with van der Waals surface area (Å²) in [4.78, 5) is 31.4. The van der Waals surface area contributed by atoms with E-state index < -0.39 is 0 Å². The highest BCUT2D eigenvalue weighted by Gasteiger charge is 2.20. The van der Waals surface area contributed by atoms with Crippen LogP contribution in [-0.2, 0) is 4.79 Å². The van der Waals surface area contributed by atoms with E-state index in [1.807, 2.05) is 48.7 Å². The molecule has 1 N–H and O–H groups in total. The third-order valence-electron chi connectivity index (χ3n) is 4.84. The zero-order chi connectivity index (χ0) is 21.8. The maximum Gasteiger partial charge on any atom is 0.268 e. The number of rotatable bonds is 8. The van der Waals surface area contributed by atoms with Crippen LogP contribution in [0.25, 0.3) is 27.2 Å². The average molecular weight is 454 g/mol. The standard InChI is InChI=1S/C23H23N3O3S2/c1-3-8-15(2)24-19(27)14-31-23-25-21-20(17(13-30-21)18-11-7-12-29-18)22(28)26(23)16-9-5-4-6-10-16/h4-7,9-13,15H,3,8,14H2,1-2H3,(H,24,27)/t15-/m1/s1. The van der Waals surface area contributed by atoms with E-state index in [9.17, 15) is 9.59 Å². The van der Waals surface area contributed by atoms with Crippen molar-refractivity contribution < 1.29 is 9.21 Å². The van der Waals surface area contributed by atoms with E-state index in [1.165, 1.54) is 23.1 Å². The van der Waals surface area contributed by atoms with Gasteiger partial charge in [0.2, 0.25) is 5.91 Å². The highest BCUT2D eigenvalue weighted by Crippen LogP contribution is 2.33. The van der Waals surface area contributed by atoms with E-state index in [0.717, 1.165) is 18.4 Å². The summed E-state index contributed by atoms with van der Waals surface area (Å²) >= 11 is 2.67. The molecule has 0 radical (unpaired) electrons. The molecule has 3 aromatic heterocycles. The number of benzene rings is 1. The van der Waals surface area contributed by atoms with Crippen molar-refractivity contribution in [2.24, 2.45) is 0 Å². The fourth-order valence-electron chi connectivity index (χ4n) is 3.44. The largest absolute Gasteiger partial charge is 0.464 e. The van der Waals surface area contributed by atoms with Gasteiger partial charge in [-0.1, -0.05) is 43.3 Å². The van der Waals surface area contributed by atoms with Gasteiger partial charge in [-0.05, 0) is 37.6 Å². The molecule has 31 heavy (non-hydrogen) atoms. The zero-order valence-electron chi connectivity index (χ0n) is 17.3. The average Bonchev–Trinajstić information content (AvgIpc) is 3.43. The number of hydrogen-bond acceptors (Lipinski definition) is 6. The lowest BCUT2D eigenvalue weighted by Gasteiger charge is -2.14. The second-order valence-electron chi connectivity index (χ2n) is 7.22. The first kappa shape index (κ1) is 21.4. The van der Waals surface area contributed by atoms with Crippen molar-refractivity contribution in [3.05, 3.63) is 64.5 Å². The molecule has 1 atom stereocenters. The number of amides is 1. The van der Waals surface area contributed by atoms with E-state index in [4.69, 9.17) is 9.40 Å². The van der Waals surface area contributed by atoms with Crippen molar-refractivity contribution >= 4 is 39.2 Å². The maximum atomic E-state index is 13.6. The lowest BCUT2D eigenvalue weighted by molar-refractivity contribution is -0.119. The van der Waals surface area contributed by atoms with Gasteiger partial charge in [0.15, 0.2) is 5.16 Å². The third-order valence-corrected chi connectivity index (χ3v) is 6.65. The van der Waals surface area contributed by atoms with Gasteiger partial charge in [-0.3, -0.25) is 14.2 Å². The molecular weight excluding hydrogens is 430 g/mol. The first-order chi connectivity index (χ1) is 15.1. The Kier molecular flexibility index (Phi) is 6.58. The van der Waals surface area contributed by atoms with Gasteiger partial charge in [-0.15, -0.1) is 11.3 Å². The van der Waals surface area contributed by atoms with Crippen molar-refractivity contribution in [2.45, 2.75) is 37.9 Å². The van der Waals surface area contributed by atoms with Crippen molar-refractivity contribution in [1.29, 1.82) is 0 Å². The third kappa shape index (κ3) is 4.60. The molecule has 0 aliphatic heterocycles. The molecule has 0 bridgehead atoms. The molecule has 4 rings (SSSR count). The van der Waals surface area contributed by atoms with E-state index in [1.54, 1.807) is 16.9 Å². The predicted octanol–water partition coefficient (Wildman–Crippen LogP) is 5.10. The zero-order valence-corrected chi connectivity index (χ0v) is 19.0. The normalized spacial score (nSPS) is 12.2. The van der Waals surface area contributed by atoms with Crippen LogP contribution in [0.2, 0.25) is 0 Å². The van der Waals surface area contributed by atoms with Gasteiger partial charge in [0.05, 0.1) is 23.1 Å². The van der Waals surface area contributed by atoms with Crippen LogP contribution in [0.3, 0.4) is 0 Å². The number of carbonyl (C=O) groups is 1. The molecule has 1 amide bonds. The second kappa shape index (κ2) is 9.53. The predicted molar refractivity (Wildman–Crippen MR) is 126 cm³/mol. The summed E-state index contributed by atoms with van der Waals surface area (Å²) in [6.45, 7) is 4.09. The van der Waals surface area contributed by atoms with Crippen LogP contribution in [0.5, 0.6) is 0 Å². The van der Waals surface area contributed by atoms with E-state index >= 15 is 0 Å². The SMILES string of the molecule is CCC[C@@H](C)NC(=O)CSc1nc2scc(-c3ccco3)c2c(=O)n1-c1ccccc1. The van der Waals surface area contributed by atoms with Gasteiger partial charge in [0.25, 0.3) is 5.56 Å². The summed E-state index contributed by atoms with van der Waals surface area (Å²) in [5, 5.41) is 5.91. The summed E-state index contributed by atoms with van der Waals surface area (Å²) in [5.41, 5.74) is 1.27. The van der Waals surface area contributed by atoms with Crippen LogP contribution in [0.4, 0.5) is 0 Å². The van der Waals surface area contributed by atoms with Gasteiger partial charge in [0.1, 0.15) is 10.6 Å². The van der Waals surface area contributed by atoms with Gasteiger partial charge < -0.3 is 9.73 Å². The summed E-state index contributed by atoms with van der Waals surface area (Å²) in [6, 6.07) is 13.1. The highest BCUT2D eigenvalue weighted by molar-refractivity contribution is 7.99. The number of thiophene rings is 1. The molecule has 0 saturated heterocycles. The molecule has 0 aliphatic carbocycles. The molecule has 0 fully saturated rings. The molecule has 3 heterocycles. The first-order valence-corrected chi connectivity index (χ1v) is 12.0. The van der Waals surface area contributed by atoms with E-state index in [2.05, 4.69) is 12.2 Å². The van der Waals surface area contributed by atoms with Gasteiger partial charge in [-0.2, -0.15) is 0 Å². The summed E-state index contributed by atoms with van der Waals surface area (Å²) < 4.78 is 7.10. The summed E-state index contributed by atoms with van der Waals surface area (Å²) in [7, 11) is 0. The fourth-order valence-corrected chi connectivity index (χ4v) is 5.23. The number of hydrogen-bond donors (Lipinski definition) is 1. The number of fused-ring (bicyclic) bond motifs is 1. The van der Waals surface area contributed by atoms with Crippen LogP contribution in [0.1, 0.15) is 26.7 Å². The first-order valence-electron chi connectivity index (χ1n) is 10.1. The molecule has 0 saturated carbocycles. The Morgan fingerprint density at radius 2 is 2.06 bits per heavy atom. The van der Waals surface area contributed by atoms with Gasteiger partial charge in [0, 0.05) is 17.0 Å². The number of para-hydroxylation sites is 1. The quantitative estimate of drug-likeness (QED) is 0.297. The fraction of sp³-hybridized carbons (Fsp3) is 0.261.